The number of carbonyl (C=O) groups is 1. The maximum absolute atomic E-state index is 12.7. The van der Waals surface area contributed by atoms with Gasteiger partial charge in [-0.05, 0) is 45.3 Å². The van der Waals surface area contributed by atoms with Crippen molar-refractivity contribution in [1.82, 2.24) is 5.32 Å². The molecule has 0 aromatic rings. The van der Waals surface area contributed by atoms with E-state index in [0.717, 1.165) is 23.1 Å². The number of nitrogens with zero attached hydrogens (tertiary/aromatic N) is 1. The summed E-state index contributed by atoms with van der Waals surface area (Å²) in [5, 5.41) is 2.84. The predicted octanol–water partition coefficient (Wildman–Crippen LogP) is 3.58. The van der Waals surface area contributed by atoms with Crippen molar-refractivity contribution in [3.8, 4) is 0 Å². The van der Waals surface area contributed by atoms with Crippen molar-refractivity contribution in [2.75, 3.05) is 20.3 Å². The summed E-state index contributed by atoms with van der Waals surface area (Å²) in [6.45, 7) is 12.8. The summed E-state index contributed by atoms with van der Waals surface area (Å²) >= 11 is 0. The van der Waals surface area contributed by atoms with E-state index in [4.69, 9.17) is 15.2 Å². The fraction of sp³-hybridized carbons (Fsp3) is 0.524. The Kier molecular flexibility index (Phi) is 9.02. The summed E-state index contributed by atoms with van der Waals surface area (Å²) in [4.78, 5) is 17.3. The third-order valence-electron chi connectivity index (χ3n) is 4.83. The molecule has 0 saturated carbocycles. The van der Waals surface area contributed by atoms with Gasteiger partial charge in [0.15, 0.2) is 5.76 Å². The summed E-state index contributed by atoms with van der Waals surface area (Å²) in [6, 6.07) is 0. The van der Waals surface area contributed by atoms with Crippen molar-refractivity contribution in [3.63, 3.8) is 0 Å². The topological polar surface area (TPSA) is 85.9 Å². The first-order valence-corrected chi connectivity index (χ1v) is 9.31. The van der Waals surface area contributed by atoms with Gasteiger partial charge in [-0.2, -0.15) is 0 Å². The van der Waals surface area contributed by atoms with E-state index in [-0.39, 0.29) is 17.6 Å². The summed E-state index contributed by atoms with van der Waals surface area (Å²) < 4.78 is 10.8. The molecular weight excluding hydrogens is 342 g/mol. The number of nitrogens with one attached hydrogen (secondary N) is 1. The van der Waals surface area contributed by atoms with E-state index < -0.39 is 0 Å². The number of rotatable bonds is 8. The molecule has 150 valence electrons. The standard InChI is InChI=1S/C21H33N3O3/c1-8-11-27-19(13(3)9-2)18-16(6)14(4)15(5)17(20(22)24-18)21(25)23-10-12-26-7/h8,11,15H,9-10,12,22H2,1-7H3,(H,23,25)/b11-8-,19-13-. The SMILES string of the molecule is C/C=C\O/C(C1=NC(N)=C(C(=O)NCCOC)C(C)C(C)=C1C)=C(/C)CC. The van der Waals surface area contributed by atoms with Crippen LogP contribution >= 0.6 is 0 Å². The molecule has 6 heteroatoms. The number of ether oxygens (including phenoxy) is 2. The highest BCUT2D eigenvalue weighted by atomic mass is 16.5. The fourth-order valence-corrected chi connectivity index (χ4v) is 2.77. The summed E-state index contributed by atoms with van der Waals surface area (Å²) in [7, 11) is 1.59. The average molecular weight is 376 g/mol. The minimum absolute atomic E-state index is 0.154. The van der Waals surface area contributed by atoms with Gasteiger partial charge in [0, 0.05) is 19.6 Å². The van der Waals surface area contributed by atoms with Crippen LogP contribution in [0.5, 0.6) is 0 Å². The highest BCUT2D eigenvalue weighted by Gasteiger charge is 2.28. The van der Waals surface area contributed by atoms with Crippen LogP contribution < -0.4 is 11.1 Å². The third-order valence-corrected chi connectivity index (χ3v) is 4.83. The molecule has 1 heterocycles. The molecule has 1 atom stereocenters. The van der Waals surface area contributed by atoms with Crippen LogP contribution in [0.3, 0.4) is 0 Å². The van der Waals surface area contributed by atoms with Crippen molar-refractivity contribution < 1.29 is 14.3 Å². The Labute approximate surface area is 162 Å². The Morgan fingerprint density at radius 3 is 2.59 bits per heavy atom. The maximum Gasteiger partial charge on any atom is 0.251 e. The van der Waals surface area contributed by atoms with Crippen LogP contribution in [0.15, 0.2) is 51.2 Å². The zero-order chi connectivity index (χ0) is 20.6. The number of allylic oxidation sites excluding steroid dienone is 4. The minimum atomic E-state index is -0.221. The fourth-order valence-electron chi connectivity index (χ4n) is 2.77. The molecular formula is C21H33N3O3. The minimum Gasteiger partial charge on any atom is -0.463 e. The summed E-state index contributed by atoms with van der Waals surface area (Å²) in [6.07, 6.45) is 4.27. The van der Waals surface area contributed by atoms with E-state index in [0.29, 0.717) is 30.2 Å². The Bertz CT molecular complexity index is 712. The van der Waals surface area contributed by atoms with Gasteiger partial charge in [-0.15, -0.1) is 0 Å². The number of hydrogen-bond acceptors (Lipinski definition) is 5. The average Bonchev–Trinajstić information content (AvgIpc) is 2.72. The van der Waals surface area contributed by atoms with Gasteiger partial charge in [-0.25, -0.2) is 4.99 Å². The van der Waals surface area contributed by atoms with E-state index in [2.05, 4.69) is 17.2 Å². The molecule has 27 heavy (non-hydrogen) atoms. The van der Waals surface area contributed by atoms with Crippen molar-refractivity contribution >= 4 is 11.6 Å². The molecule has 1 aliphatic heterocycles. The molecule has 0 aromatic heterocycles. The zero-order valence-corrected chi connectivity index (χ0v) is 17.6. The second-order valence-electron chi connectivity index (χ2n) is 6.59. The Morgan fingerprint density at radius 2 is 2.04 bits per heavy atom. The number of amides is 1. The van der Waals surface area contributed by atoms with Gasteiger partial charge in [0.2, 0.25) is 0 Å². The van der Waals surface area contributed by atoms with E-state index in [1.54, 1.807) is 13.4 Å². The predicted molar refractivity (Wildman–Crippen MR) is 110 cm³/mol. The van der Waals surface area contributed by atoms with E-state index >= 15 is 0 Å². The van der Waals surface area contributed by atoms with Crippen LogP contribution in [0.4, 0.5) is 0 Å². The van der Waals surface area contributed by atoms with Gasteiger partial charge in [0.1, 0.15) is 11.5 Å². The zero-order valence-electron chi connectivity index (χ0n) is 17.6. The Hall–Kier alpha value is -2.34. The molecule has 6 nitrogen and oxygen atoms in total. The molecule has 1 rings (SSSR count). The molecule has 0 bridgehead atoms. The quantitative estimate of drug-likeness (QED) is 0.501. The number of hydrogen-bond donors (Lipinski definition) is 2. The Morgan fingerprint density at radius 1 is 1.37 bits per heavy atom. The molecule has 0 spiro atoms. The first-order valence-electron chi connectivity index (χ1n) is 9.31. The number of carbonyl (C=O) groups excluding carboxylic acids is 1. The largest absolute Gasteiger partial charge is 0.463 e. The number of nitrogens with two attached hydrogens (primary N) is 1. The molecule has 0 saturated heterocycles. The van der Waals surface area contributed by atoms with Gasteiger partial charge in [-0.3, -0.25) is 4.79 Å². The van der Waals surface area contributed by atoms with Crippen LogP contribution in [-0.4, -0.2) is 31.9 Å². The first kappa shape index (κ1) is 22.7. The molecule has 1 unspecified atom stereocenters. The normalized spacial score (nSPS) is 19.1. The molecule has 0 aromatic carbocycles. The van der Waals surface area contributed by atoms with Crippen molar-refractivity contribution in [3.05, 3.63) is 46.2 Å². The highest BCUT2D eigenvalue weighted by Crippen LogP contribution is 2.31. The molecule has 1 amide bonds. The molecule has 3 N–H and O–H groups in total. The van der Waals surface area contributed by atoms with Crippen LogP contribution in [0.1, 0.15) is 48.0 Å². The summed E-state index contributed by atoms with van der Waals surface area (Å²) in [5.41, 5.74) is 10.5. The lowest BCUT2D eigenvalue weighted by molar-refractivity contribution is -0.118. The van der Waals surface area contributed by atoms with Gasteiger partial charge < -0.3 is 20.5 Å². The van der Waals surface area contributed by atoms with Crippen LogP contribution in [0, 0.1) is 5.92 Å². The van der Waals surface area contributed by atoms with E-state index in [1.807, 2.05) is 40.7 Å². The third kappa shape index (κ3) is 5.57. The van der Waals surface area contributed by atoms with Gasteiger partial charge in [-0.1, -0.05) is 25.5 Å². The second kappa shape index (κ2) is 10.7. The van der Waals surface area contributed by atoms with Crippen LogP contribution in [0.25, 0.3) is 0 Å². The van der Waals surface area contributed by atoms with E-state index in [9.17, 15) is 4.79 Å². The molecule has 0 radical (unpaired) electrons. The van der Waals surface area contributed by atoms with Gasteiger partial charge in [0.25, 0.3) is 5.91 Å². The lowest BCUT2D eigenvalue weighted by Crippen LogP contribution is -2.32. The monoisotopic (exact) mass is 375 g/mol. The lowest BCUT2D eigenvalue weighted by Gasteiger charge is -2.18. The summed E-state index contributed by atoms with van der Waals surface area (Å²) in [5.74, 6) is 0.526. The smallest absolute Gasteiger partial charge is 0.251 e. The Balaban J connectivity index is 3.49. The lowest BCUT2D eigenvalue weighted by atomic mass is 9.89. The molecule has 0 aliphatic carbocycles. The van der Waals surface area contributed by atoms with Gasteiger partial charge >= 0.3 is 0 Å². The van der Waals surface area contributed by atoms with E-state index in [1.165, 1.54) is 0 Å². The highest BCUT2D eigenvalue weighted by molar-refractivity contribution is 6.13. The number of methoxy groups -OCH3 is 1. The van der Waals surface area contributed by atoms with Crippen molar-refractivity contribution in [2.45, 2.75) is 48.0 Å². The van der Waals surface area contributed by atoms with Crippen molar-refractivity contribution in [1.29, 1.82) is 0 Å². The maximum atomic E-state index is 12.7. The first-order chi connectivity index (χ1) is 12.8. The van der Waals surface area contributed by atoms with Crippen molar-refractivity contribution in [2.24, 2.45) is 16.6 Å². The second-order valence-corrected chi connectivity index (χ2v) is 6.59. The molecule has 1 aliphatic rings. The van der Waals surface area contributed by atoms with Gasteiger partial charge in [0.05, 0.1) is 18.4 Å². The molecule has 0 fully saturated rings. The van der Waals surface area contributed by atoms with Crippen LogP contribution in [-0.2, 0) is 14.3 Å². The van der Waals surface area contributed by atoms with Crippen LogP contribution in [0.2, 0.25) is 0 Å². The number of aliphatic imine (C=N–C) groups is 1.